The number of hydrogen-bond acceptors (Lipinski definition) is 4. The van der Waals surface area contributed by atoms with Crippen molar-refractivity contribution in [3.8, 4) is 0 Å². The van der Waals surface area contributed by atoms with Gasteiger partial charge in [-0.25, -0.2) is 0 Å². The van der Waals surface area contributed by atoms with Crippen LogP contribution < -0.4 is 91.2 Å². The molecule has 4 nitrogen and oxygen atoms in total. The Morgan fingerprint density at radius 2 is 0.821 bits per heavy atom. The van der Waals surface area contributed by atoms with Crippen LogP contribution in [0.2, 0.25) is 0 Å². The largest absolute Gasteiger partial charge is 1.00 e. The van der Waals surface area contributed by atoms with Crippen molar-refractivity contribution in [3.05, 3.63) is 70.8 Å². The van der Waals surface area contributed by atoms with Gasteiger partial charge in [0.05, 0.1) is 11.9 Å². The number of rotatable bonds is 2. The first-order valence-corrected chi connectivity index (χ1v) is 8.46. The molecule has 0 atom stereocenters. The van der Waals surface area contributed by atoms with Crippen LogP contribution in [0.15, 0.2) is 48.5 Å². The molecule has 0 radical (unpaired) electrons. The fraction of sp³-hybridized carbons (Fsp3) is 0.364. The Kier molecular flexibility index (Phi) is 13.7. The molecule has 2 aromatic rings. The molecule has 140 valence electrons. The monoisotopic (exact) mass is 416 g/mol. The fourth-order valence-electron chi connectivity index (χ4n) is 2.21. The van der Waals surface area contributed by atoms with E-state index in [1.807, 2.05) is 24.3 Å². The van der Waals surface area contributed by atoms with E-state index in [-0.39, 0.29) is 103 Å². The molecule has 28 heavy (non-hydrogen) atoms. The number of carbonyl (C=O) groups excluding carboxylic acids is 2. The summed E-state index contributed by atoms with van der Waals surface area (Å²) in [5.41, 5.74) is 2.82. The van der Waals surface area contributed by atoms with Crippen LogP contribution in [0.4, 0.5) is 0 Å². The summed E-state index contributed by atoms with van der Waals surface area (Å²) in [6.45, 7) is 12.5. The van der Waals surface area contributed by atoms with Crippen molar-refractivity contribution < 1.29 is 101 Å². The minimum Gasteiger partial charge on any atom is -0.545 e. The van der Waals surface area contributed by atoms with E-state index in [1.165, 1.54) is 0 Å². The number of carboxylic acid groups (broad SMARTS) is 2. The number of hydrogen-bond donors (Lipinski definition) is 0. The van der Waals surface area contributed by atoms with E-state index < -0.39 is 11.9 Å². The van der Waals surface area contributed by atoms with Crippen LogP contribution in [0.5, 0.6) is 0 Å². The molecule has 0 unspecified atom stereocenters. The summed E-state index contributed by atoms with van der Waals surface area (Å²) in [5.74, 6) is -2.25. The van der Waals surface area contributed by atoms with E-state index in [0.29, 0.717) is 0 Å². The molecule has 0 amide bonds. The smallest absolute Gasteiger partial charge is 0.545 e. The van der Waals surface area contributed by atoms with Gasteiger partial charge < -0.3 is 19.8 Å². The zero-order valence-electron chi connectivity index (χ0n) is 18.3. The number of aromatic carboxylic acids is 2. The number of benzene rings is 2. The third kappa shape index (κ3) is 10.2. The molecule has 0 spiro atoms. The van der Waals surface area contributed by atoms with Gasteiger partial charge in [0, 0.05) is 0 Å². The van der Waals surface area contributed by atoms with E-state index in [2.05, 4.69) is 41.5 Å². The summed E-state index contributed by atoms with van der Waals surface area (Å²) in [7, 11) is 0. The summed E-state index contributed by atoms with van der Waals surface area (Å²) in [6, 6.07) is 13.6. The van der Waals surface area contributed by atoms with E-state index in [0.717, 1.165) is 11.1 Å². The normalized spacial score (nSPS) is 10.5. The van der Waals surface area contributed by atoms with E-state index in [4.69, 9.17) is 0 Å². The van der Waals surface area contributed by atoms with Crippen molar-refractivity contribution in [2.45, 2.75) is 52.4 Å². The molecule has 0 aliphatic carbocycles. The Morgan fingerprint density at radius 3 is 0.964 bits per heavy atom. The van der Waals surface area contributed by atoms with Gasteiger partial charge in [-0.2, -0.15) is 0 Å². The molecule has 0 heterocycles. The first-order valence-electron chi connectivity index (χ1n) is 8.46. The fourth-order valence-corrected chi connectivity index (χ4v) is 2.21. The van der Waals surface area contributed by atoms with Crippen LogP contribution in [-0.4, -0.2) is 11.9 Å². The number of carboxylic acids is 2. The average molecular weight is 417 g/mol. The van der Waals surface area contributed by atoms with Gasteiger partial charge in [-0.3, -0.25) is 0 Å². The predicted molar refractivity (Wildman–Crippen MR) is 98.9 cm³/mol. The minimum absolute atomic E-state index is 0. The summed E-state index contributed by atoms with van der Waals surface area (Å²) in [5, 5.41) is 20.9. The Balaban J connectivity index is 0. The standard InChI is InChI=1S/2C11H14O2.K.Na/c2*1-11(2,3)9-6-4-8(5-7-9)10(12)13;;/h2*4-7H,1-3H3,(H,12,13);;/q;;2*+1/p-2. The molecule has 0 fully saturated rings. The second-order valence-corrected chi connectivity index (χ2v) is 8.23. The Bertz CT molecular complexity index is 688. The van der Waals surface area contributed by atoms with Gasteiger partial charge in [-0.15, -0.1) is 0 Å². The molecule has 0 aliphatic heterocycles. The van der Waals surface area contributed by atoms with Gasteiger partial charge in [-0.1, -0.05) is 90.1 Å². The molecule has 6 heteroatoms. The molecule has 0 saturated carbocycles. The van der Waals surface area contributed by atoms with Gasteiger partial charge in [-0.05, 0) is 33.1 Å². The molecule has 2 rings (SSSR count). The van der Waals surface area contributed by atoms with Gasteiger partial charge in [0.15, 0.2) is 0 Å². The topological polar surface area (TPSA) is 80.3 Å². The van der Waals surface area contributed by atoms with Crippen molar-refractivity contribution in [2.24, 2.45) is 0 Å². The summed E-state index contributed by atoms with van der Waals surface area (Å²) >= 11 is 0. The maximum atomic E-state index is 10.5. The van der Waals surface area contributed by atoms with Crippen molar-refractivity contribution in [1.82, 2.24) is 0 Å². The van der Waals surface area contributed by atoms with Gasteiger partial charge in [0.2, 0.25) is 0 Å². The Labute approximate surface area is 232 Å². The average Bonchev–Trinajstić information content (AvgIpc) is 2.54. The van der Waals surface area contributed by atoms with Crippen molar-refractivity contribution in [3.63, 3.8) is 0 Å². The van der Waals surface area contributed by atoms with Gasteiger partial charge in [0.1, 0.15) is 0 Å². The third-order valence-electron chi connectivity index (χ3n) is 3.97. The Morgan fingerprint density at radius 1 is 0.607 bits per heavy atom. The summed E-state index contributed by atoms with van der Waals surface area (Å²) in [6.07, 6.45) is 0. The first-order chi connectivity index (χ1) is 11.8. The van der Waals surface area contributed by atoms with Crippen LogP contribution >= 0.6 is 0 Å². The van der Waals surface area contributed by atoms with Crippen molar-refractivity contribution in [1.29, 1.82) is 0 Å². The van der Waals surface area contributed by atoms with Crippen molar-refractivity contribution >= 4 is 11.9 Å². The van der Waals surface area contributed by atoms with E-state index in [9.17, 15) is 19.8 Å². The minimum atomic E-state index is -1.12. The number of carbonyl (C=O) groups is 2. The zero-order valence-corrected chi connectivity index (χ0v) is 23.4. The maximum absolute atomic E-state index is 10.5. The summed E-state index contributed by atoms with van der Waals surface area (Å²) in [4.78, 5) is 20.9. The third-order valence-corrected chi connectivity index (χ3v) is 3.97. The second kappa shape index (κ2) is 12.7. The quantitative estimate of drug-likeness (QED) is 0.481. The molecule has 2 aromatic carbocycles. The van der Waals surface area contributed by atoms with Crippen LogP contribution in [0.3, 0.4) is 0 Å². The molecule has 0 aromatic heterocycles. The van der Waals surface area contributed by atoms with Crippen LogP contribution in [0.1, 0.15) is 73.4 Å². The van der Waals surface area contributed by atoms with E-state index >= 15 is 0 Å². The van der Waals surface area contributed by atoms with Crippen molar-refractivity contribution in [2.75, 3.05) is 0 Å². The van der Waals surface area contributed by atoms with Gasteiger partial charge in [0.25, 0.3) is 0 Å². The molecular weight excluding hydrogens is 390 g/mol. The van der Waals surface area contributed by atoms with Gasteiger partial charge >= 0.3 is 80.9 Å². The molecule has 0 saturated heterocycles. The maximum Gasteiger partial charge on any atom is 1.00 e. The molecular formula is C22H26KNaO4. The SMILES string of the molecule is CC(C)(C)c1ccc(C(=O)[O-])cc1.CC(C)(C)c1ccc(C(=O)[O-])cc1.[K+].[Na+]. The second-order valence-electron chi connectivity index (χ2n) is 8.23. The van der Waals surface area contributed by atoms with Crippen LogP contribution in [0.25, 0.3) is 0 Å². The van der Waals surface area contributed by atoms with E-state index in [1.54, 1.807) is 24.3 Å². The van der Waals surface area contributed by atoms with Crippen LogP contribution in [-0.2, 0) is 10.8 Å². The summed E-state index contributed by atoms with van der Waals surface area (Å²) < 4.78 is 0. The zero-order chi connectivity index (χ0) is 20.1. The van der Waals surface area contributed by atoms with Crippen LogP contribution in [0, 0.1) is 0 Å². The molecule has 0 N–H and O–H groups in total. The molecule has 0 aliphatic rings. The predicted octanol–water partition coefficient (Wildman–Crippen LogP) is -3.30. The first kappa shape index (κ1) is 30.2. The Hall–Kier alpha value is 0.0164. The molecule has 0 bridgehead atoms.